The highest BCUT2D eigenvalue weighted by Gasteiger charge is 2.47. The van der Waals surface area contributed by atoms with Crippen molar-refractivity contribution in [2.45, 2.75) is 24.9 Å². The number of hydrogen-bond donors (Lipinski definition) is 1. The number of rotatable bonds is 3. The molecule has 2 bridgehead atoms. The summed E-state index contributed by atoms with van der Waals surface area (Å²) in [6, 6.07) is 9.38. The number of amides is 2. The zero-order chi connectivity index (χ0) is 17.7. The summed E-state index contributed by atoms with van der Waals surface area (Å²) in [5.41, 5.74) is 0.626. The van der Waals surface area contributed by atoms with E-state index in [0.29, 0.717) is 29.5 Å². The molecule has 1 aromatic heterocycles. The quantitative estimate of drug-likeness (QED) is 0.902. The summed E-state index contributed by atoms with van der Waals surface area (Å²) in [5.74, 6) is 1.65. The lowest BCUT2D eigenvalue weighted by Gasteiger charge is -2.32. The first-order chi connectivity index (χ1) is 12.7. The van der Waals surface area contributed by atoms with Gasteiger partial charge in [0.1, 0.15) is 0 Å². The fourth-order valence-corrected chi connectivity index (χ4v) is 4.85. The van der Waals surface area contributed by atoms with Crippen molar-refractivity contribution in [2.24, 2.45) is 5.92 Å². The summed E-state index contributed by atoms with van der Waals surface area (Å²) >= 11 is 1.45. The molecule has 1 saturated carbocycles. The molecule has 2 amide bonds. The van der Waals surface area contributed by atoms with Crippen LogP contribution in [0.3, 0.4) is 0 Å². The van der Waals surface area contributed by atoms with Crippen LogP contribution in [0.4, 0.5) is 0 Å². The number of fused-ring (bicyclic) bond motifs is 3. The first-order valence-electron chi connectivity index (χ1n) is 8.74. The van der Waals surface area contributed by atoms with Gasteiger partial charge in [-0.1, -0.05) is 6.07 Å². The van der Waals surface area contributed by atoms with Crippen LogP contribution in [0.25, 0.3) is 0 Å². The lowest BCUT2D eigenvalue weighted by molar-refractivity contribution is 0.0679. The van der Waals surface area contributed by atoms with Gasteiger partial charge in [-0.05, 0) is 48.4 Å². The second kappa shape index (κ2) is 6.02. The van der Waals surface area contributed by atoms with Crippen LogP contribution in [-0.2, 0) is 0 Å². The van der Waals surface area contributed by atoms with Crippen LogP contribution in [0.1, 0.15) is 32.9 Å². The zero-order valence-corrected chi connectivity index (χ0v) is 14.8. The van der Waals surface area contributed by atoms with Crippen molar-refractivity contribution in [1.29, 1.82) is 0 Å². The Morgan fingerprint density at radius 1 is 1.15 bits per heavy atom. The first-order valence-corrected chi connectivity index (χ1v) is 9.62. The number of ether oxygens (including phenoxy) is 2. The standard InChI is InChI=1S/C19H18N2O4S/c22-18(17-2-1-5-26-17)20-14-8-13-6-12(14)9-21(13)19(23)11-3-4-15-16(7-11)25-10-24-15/h1-5,7,12-14H,6,8-10H2,(H,20,22)/t12-,13-,14-/m0/s1. The third kappa shape index (κ3) is 2.54. The van der Waals surface area contributed by atoms with Crippen LogP contribution >= 0.6 is 11.3 Å². The number of thiophene rings is 1. The molecule has 1 aliphatic carbocycles. The summed E-state index contributed by atoms with van der Waals surface area (Å²) in [5, 5.41) is 5.05. The van der Waals surface area contributed by atoms with E-state index in [1.807, 2.05) is 22.4 Å². The average molecular weight is 370 g/mol. The Kier molecular flexibility index (Phi) is 3.63. The molecule has 0 radical (unpaired) electrons. The molecular weight excluding hydrogens is 352 g/mol. The molecule has 1 saturated heterocycles. The Morgan fingerprint density at radius 2 is 2.04 bits per heavy atom. The molecule has 134 valence electrons. The fourth-order valence-electron chi connectivity index (χ4n) is 4.22. The summed E-state index contributed by atoms with van der Waals surface area (Å²) in [6.45, 7) is 0.889. The minimum absolute atomic E-state index is 0.00815. The molecule has 1 N–H and O–H groups in total. The topological polar surface area (TPSA) is 67.9 Å². The second-order valence-corrected chi connectivity index (χ2v) is 7.92. The van der Waals surface area contributed by atoms with Gasteiger partial charge in [0.15, 0.2) is 11.5 Å². The third-order valence-electron chi connectivity index (χ3n) is 5.48. The molecular formula is C19H18N2O4S. The summed E-state index contributed by atoms with van der Waals surface area (Å²) in [4.78, 5) is 27.9. The lowest BCUT2D eigenvalue weighted by atomic mass is 10.0. The van der Waals surface area contributed by atoms with Crippen LogP contribution < -0.4 is 14.8 Å². The van der Waals surface area contributed by atoms with Crippen molar-refractivity contribution >= 4 is 23.2 Å². The van der Waals surface area contributed by atoms with E-state index in [0.717, 1.165) is 17.7 Å². The van der Waals surface area contributed by atoms with Crippen LogP contribution in [0.15, 0.2) is 35.7 Å². The molecule has 5 rings (SSSR count). The highest BCUT2D eigenvalue weighted by Crippen LogP contribution is 2.40. The molecule has 2 aliphatic heterocycles. The Balaban J connectivity index is 1.25. The van der Waals surface area contributed by atoms with E-state index < -0.39 is 0 Å². The number of piperidine rings is 1. The lowest BCUT2D eigenvalue weighted by Crippen LogP contribution is -2.47. The molecule has 1 aromatic carbocycles. The van der Waals surface area contributed by atoms with Gasteiger partial charge in [0.2, 0.25) is 6.79 Å². The van der Waals surface area contributed by atoms with Gasteiger partial charge in [-0.15, -0.1) is 11.3 Å². The van der Waals surface area contributed by atoms with Gasteiger partial charge in [-0.25, -0.2) is 0 Å². The molecule has 3 atom stereocenters. The van der Waals surface area contributed by atoms with E-state index in [1.165, 1.54) is 11.3 Å². The second-order valence-electron chi connectivity index (χ2n) is 6.97. The SMILES string of the molecule is O=C(N[C@H]1C[C@@H]2C[C@H]1CN2C(=O)c1ccc2c(c1)OCO2)c1cccs1. The smallest absolute Gasteiger partial charge is 0.261 e. The Morgan fingerprint density at radius 3 is 2.81 bits per heavy atom. The van der Waals surface area contributed by atoms with E-state index in [9.17, 15) is 9.59 Å². The number of carbonyl (C=O) groups is 2. The van der Waals surface area contributed by atoms with Gasteiger partial charge >= 0.3 is 0 Å². The fraction of sp³-hybridized carbons (Fsp3) is 0.368. The van der Waals surface area contributed by atoms with E-state index >= 15 is 0 Å². The van der Waals surface area contributed by atoms with Crippen LogP contribution in [0, 0.1) is 5.92 Å². The maximum atomic E-state index is 12.9. The summed E-state index contributed by atoms with van der Waals surface area (Å²) in [7, 11) is 0. The van der Waals surface area contributed by atoms with Crippen LogP contribution in [0.2, 0.25) is 0 Å². The van der Waals surface area contributed by atoms with Crippen molar-refractivity contribution in [3.63, 3.8) is 0 Å². The maximum absolute atomic E-state index is 12.9. The minimum atomic E-state index is -0.00815. The van der Waals surface area contributed by atoms with Crippen LogP contribution in [-0.4, -0.2) is 42.1 Å². The molecule has 7 heteroatoms. The molecule has 0 unspecified atom stereocenters. The molecule has 2 fully saturated rings. The van der Waals surface area contributed by atoms with E-state index in [1.54, 1.807) is 18.2 Å². The zero-order valence-electron chi connectivity index (χ0n) is 14.0. The third-order valence-corrected chi connectivity index (χ3v) is 6.35. The minimum Gasteiger partial charge on any atom is -0.454 e. The number of nitrogens with one attached hydrogen (secondary N) is 1. The summed E-state index contributed by atoms with van der Waals surface area (Å²) < 4.78 is 10.7. The monoisotopic (exact) mass is 370 g/mol. The predicted molar refractivity (Wildman–Crippen MR) is 95.7 cm³/mol. The normalized spacial score (nSPS) is 25.5. The molecule has 6 nitrogen and oxygen atoms in total. The van der Waals surface area contributed by atoms with Crippen molar-refractivity contribution in [1.82, 2.24) is 10.2 Å². The van der Waals surface area contributed by atoms with Gasteiger partial charge in [-0.3, -0.25) is 9.59 Å². The number of hydrogen-bond acceptors (Lipinski definition) is 5. The number of carbonyl (C=O) groups excluding carboxylic acids is 2. The number of likely N-dealkylation sites (tertiary alicyclic amines) is 1. The van der Waals surface area contributed by atoms with Crippen LogP contribution in [0.5, 0.6) is 11.5 Å². The molecule has 3 aliphatic rings. The summed E-state index contributed by atoms with van der Waals surface area (Å²) in [6.07, 6.45) is 1.77. The number of nitrogens with zero attached hydrogens (tertiary/aromatic N) is 1. The molecule has 3 heterocycles. The first kappa shape index (κ1) is 15.7. The van der Waals surface area contributed by atoms with Crippen molar-refractivity contribution < 1.29 is 19.1 Å². The number of benzene rings is 1. The van der Waals surface area contributed by atoms with Crippen molar-refractivity contribution in [3.8, 4) is 11.5 Å². The van der Waals surface area contributed by atoms with Gasteiger partial charge in [0, 0.05) is 24.2 Å². The Labute approximate surface area is 154 Å². The van der Waals surface area contributed by atoms with Gasteiger partial charge in [0.25, 0.3) is 11.8 Å². The van der Waals surface area contributed by atoms with E-state index in [-0.39, 0.29) is 30.7 Å². The molecule has 0 spiro atoms. The van der Waals surface area contributed by atoms with Crippen molar-refractivity contribution in [3.05, 3.63) is 46.2 Å². The molecule has 26 heavy (non-hydrogen) atoms. The van der Waals surface area contributed by atoms with Gasteiger partial charge in [-0.2, -0.15) is 0 Å². The Bertz CT molecular complexity index is 866. The Hall–Kier alpha value is -2.54. The van der Waals surface area contributed by atoms with Gasteiger partial charge < -0.3 is 19.7 Å². The highest BCUT2D eigenvalue weighted by molar-refractivity contribution is 7.12. The average Bonchev–Trinajstić information content (AvgIpc) is 3.43. The van der Waals surface area contributed by atoms with E-state index in [2.05, 4.69) is 5.32 Å². The largest absolute Gasteiger partial charge is 0.454 e. The predicted octanol–water partition coefficient (Wildman–Crippen LogP) is 2.51. The highest BCUT2D eigenvalue weighted by atomic mass is 32.1. The molecule has 2 aromatic rings. The van der Waals surface area contributed by atoms with Crippen molar-refractivity contribution in [2.75, 3.05) is 13.3 Å². The van der Waals surface area contributed by atoms with Gasteiger partial charge in [0.05, 0.1) is 4.88 Å². The maximum Gasteiger partial charge on any atom is 0.261 e. The van der Waals surface area contributed by atoms with E-state index in [4.69, 9.17) is 9.47 Å².